The molecule has 0 radical (unpaired) electrons. The number of imidazole rings is 1. The van der Waals surface area contributed by atoms with Crippen LogP contribution in [0.3, 0.4) is 0 Å². The summed E-state index contributed by atoms with van der Waals surface area (Å²) in [6.07, 6.45) is 1.79. The molecule has 0 saturated heterocycles. The maximum absolute atomic E-state index is 9.68. The summed E-state index contributed by atoms with van der Waals surface area (Å²) in [6.45, 7) is 8.88. The third-order valence-electron chi connectivity index (χ3n) is 4.91. The largest absolute Gasteiger partial charge is 0.497 e. The number of nitrogens with one attached hydrogen (secondary N) is 2. The number of methoxy groups -OCH3 is 1. The number of anilines is 2. The minimum atomic E-state index is -0.127. The Labute approximate surface area is 171 Å². The van der Waals surface area contributed by atoms with E-state index in [1.54, 1.807) is 13.4 Å². The van der Waals surface area contributed by atoms with Crippen LogP contribution in [0.25, 0.3) is 11.2 Å². The van der Waals surface area contributed by atoms with Crippen molar-refractivity contribution in [2.24, 2.45) is 5.92 Å². The molecule has 3 aromatic rings. The summed E-state index contributed by atoms with van der Waals surface area (Å²) >= 11 is 0. The molecule has 3 N–H and O–H groups in total. The van der Waals surface area contributed by atoms with E-state index in [4.69, 9.17) is 4.74 Å². The monoisotopic (exact) mass is 398 g/mol. The minimum absolute atomic E-state index is 0.0110. The Balaban J connectivity index is 1.92. The summed E-state index contributed by atoms with van der Waals surface area (Å²) in [5.41, 5.74) is 2.59. The standard InChI is InChI=1S/C21H30N6O2/c1-13(2)17(11-28)24-21-25-19(18-20(26-21)27(12-23-18)14(3)4)22-10-15-6-8-16(29-5)9-7-15/h6-9,12-14,17,28H,10-11H2,1-5H3,(H2,22,24,25,26)/t17-/m0/s1. The number of hydrogen-bond donors (Lipinski definition) is 3. The van der Waals surface area contributed by atoms with E-state index in [1.165, 1.54) is 0 Å². The maximum Gasteiger partial charge on any atom is 0.227 e. The van der Waals surface area contributed by atoms with Crippen LogP contribution in [0.4, 0.5) is 11.8 Å². The van der Waals surface area contributed by atoms with Crippen LogP contribution in [0.2, 0.25) is 0 Å². The Bertz CT molecular complexity index is 936. The first-order chi connectivity index (χ1) is 13.9. The number of hydrogen-bond acceptors (Lipinski definition) is 7. The van der Waals surface area contributed by atoms with Gasteiger partial charge < -0.3 is 25.0 Å². The van der Waals surface area contributed by atoms with Gasteiger partial charge in [-0.25, -0.2) is 4.98 Å². The molecule has 2 heterocycles. The third kappa shape index (κ3) is 4.76. The fraction of sp³-hybridized carbons (Fsp3) is 0.476. The first-order valence-electron chi connectivity index (χ1n) is 9.91. The number of benzene rings is 1. The molecule has 0 aliphatic carbocycles. The lowest BCUT2D eigenvalue weighted by molar-refractivity contribution is 0.248. The highest BCUT2D eigenvalue weighted by molar-refractivity contribution is 5.84. The maximum atomic E-state index is 9.68. The van der Waals surface area contributed by atoms with E-state index < -0.39 is 0 Å². The molecule has 29 heavy (non-hydrogen) atoms. The van der Waals surface area contributed by atoms with Crippen molar-refractivity contribution < 1.29 is 9.84 Å². The molecule has 0 unspecified atom stereocenters. The Hall–Kier alpha value is -2.87. The highest BCUT2D eigenvalue weighted by Crippen LogP contribution is 2.24. The van der Waals surface area contributed by atoms with Gasteiger partial charge in [0.2, 0.25) is 5.95 Å². The lowest BCUT2D eigenvalue weighted by Crippen LogP contribution is -2.30. The van der Waals surface area contributed by atoms with Gasteiger partial charge in [0.15, 0.2) is 17.0 Å². The Morgan fingerprint density at radius 3 is 2.41 bits per heavy atom. The van der Waals surface area contributed by atoms with Crippen molar-refractivity contribution in [2.45, 2.75) is 46.3 Å². The van der Waals surface area contributed by atoms with Crippen molar-refractivity contribution in [3.05, 3.63) is 36.2 Å². The molecule has 8 nitrogen and oxygen atoms in total. The molecule has 3 rings (SSSR count). The van der Waals surface area contributed by atoms with Crippen LogP contribution in [0, 0.1) is 5.92 Å². The molecule has 0 saturated carbocycles. The molecule has 1 atom stereocenters. The number of nitrogens with zero attached hydrogens (tertiary/aromatic N) is 4. The second-order valence-corrected chi connectivity index (χ2v) is 7.69. The van der Waals surface area contributed by atoms with Crippen LogP contribution in [0.1, 0.15) is 39.3 Å². The van der Waals surface area contributed by atoms with Gasteiger partial charge in [-0.1, -0.05) is 26.0 Å². The Morgan fingerprint density at radius 1 is 1.10 bits per heavy atom. The fourth-order valence-electron chi connectivity index (χ4n) is 3.00. The fourth-order valence-corrected chi connectivity index (χ4v) is 3.00. The van der Waals surface area contributed by atoms with E-state index in [0.717, 1.165) is 22.5 Å². The lowest BCUT2D eigenvalue weighted by Gasteiger charge is -2.20. The summed E-state index contributed by atoms with van der Waals surface area (Å²) in [6, 6.07) is 7.98. The summed E-state index contributed by atoms with van der Waals surface area (Å²) < 4.78 is 7.23. The number of rotatable bonds is 9. The third-order valence-corrected chi connectivity index (χ3v) is 4.91. The Kier molecular flexibility index (Phi) is 6.53. The molecule has 1 aromatic carbocycles. The number of aliphatic hydroxyl groups excluding tert-OH is 1. The Morgan fingerprint density at radius 2 is 1.83 bits per heavy atom. The predicted molar refractivity (Wildman–Crippen MR) is 115 cm³/mol. The summed E-state index contributed by atoms with van der Waals surface area (Å²) in [5.74, 6) is 2.20. The van der Waals surface area contributed by atoms with Gasteiger partial charge in [-0.3, -0.25) is 0 Å². The van der Waals surface area contributed by atoms with Crippen molar-refractivity contribution in [3.63, 3.8) is 0 Å². The van der Waals surface area contributed by atoms with E-state index >= 15 is 0 Å². The van der Waals surface area contributed by atoms with Crippen molar-refractivity contribution >= 4 is 22.9 Å². The predicted octanol–water partition coefficient (Wildman–Crippen LogP) is 3.46. The molecule has 2 aromatic heterocycles. The van der Waals surface area contributed by atoms with E-state index in [9.17, 15) is 5.11 Å². The zero-order valence-electron chi connectivity index (χ0n) is 17.7. The summed E-state index contributed by atoms with van der Waals surface area (Å²) in [5, 5.41) is 16.3. The van der Waals surface area contributed by atoms with Crippen molar-refractivity contribution in [3.8, 4) is 5.75 Å². The van der Waals surface area contributed by atoms with Gasteiger partial charge in [0, 0.05) is 12.6 Å². The molecule has 0 spiro atoms. The van der Waals surface area contributed by atoms with E-state index in [1.807, 2.05) is 42.7 Å². The number of aromatic nitrogens is 4. The highest BCUT2D eigenvalue weighted by Gasteiger charge is 2.18. The molecule has 0 bridgehead atoms. The molecule has 0 amide bonds. The summed E-state index contributed by atoms with van der Waals surface area (Å²) in [7, 11) is 1.65. The van der Waals surface area contributed by atoms with Crippen LogP contribution >= 0.6 is 0 Å². The summed E-state index contributed by atoms with van der Waals surface area (Å²) in [4.78, 5) is 13.9. The normalized spacial score (nSPS) is 12.6. The lowest BCUT2D eigenvalue weighted by atomic mass is 10.1. The first-order valence-corrected chi connectivity index (χ1v) is 9.91. The molecule has 8 heteroatoms. The van der Waals surface area contributed by atoms with Crippen LogP contribution in [-0.4, -0.2) is 44.4 Å². The van der Waals surface area contributed by atoms with E-state index in [-0.39, 0.29) is 24.6 Å². The average Bonchev–Trinajstić information content (AvgIpc) is 3.14. The van der Waals surface area contributed by atoms with Crippen LogP contribution < -0.4 is 15.4 Å². The molecular formula is C21H30N6O2. The number of fused-ring (bicyclic) bond motifs is 1. The quantitative estimate of drug-likeness (QED) is 0.508. The molecule has 0 aliphatic heterocycles. The van der Waals surface area contributed by atoms with Crippen molar-refractivity contribution in [1.29, 1.82) is 0 Å². The van der Waals surface area contributed by atoms with Gasteiger partial charge in [-0.15, -0.1) is 0 Å². The molecular weight excluding hydrogens is 368 g/mol. The van der Waals surface area contributed by atoms with Crippen molar-refractivity contribution in [2.75, 3.05) is 24.4 Å². The minimum Gasteiger partial charge on any atom is -0.497 e. The second-order valence-electron chi connectivity index (χ2n) is 7.69. The number of ether oxygens (including phenoxy) is 1. The highest BCUT2D eigenvalue weighted by atomic mass is 16.5. The van der Waals surface area contributed by atoms with E-state index in [0.29, 0.717) is 18.3 Å². The van der Waals surface area contributed by atoms with Crippen molar-refractivity contribution in [1.82, 2.24) is 19.5 Å². The average molecular weight is 399 g/mol. The van der Waals surface area contributed by atoms with Gasteiger partial charge in [0.25, 0.3) is 0 Å². The van der Waals surface area contributed by atoms with Crippen LogP contribution in [-0.2, 0) is 6.54 Å². The van der Waals surface area contributed by atoms with Gasteiger partial charge in [0.1, 0.15) is 5.75 Å². The van der Waals surface area contributed by atoms with E-state index in [2.05, 4.69) is 39.4 Å². The number of aliphatic hydroxyl groups is 1. The molecule has 156 valence electrons. The molecule has 0 aliphatic rings. The topological polar surface area (TPSA) is 97.1 Å². The zero-order chi connectivity index (χ0) is 21.0. The molecule has 0 fully saturated rings. The smallest absolute Gasteiger partial charge is 0.227 e. The SMILES string of the molecule is COc1ccc(CNc2nc(N[C@@H](CO)C(C)C)nc3c2ncn3C(C)C)cc1. The van der Waals surface area contributed by atoms with Gasteiger partial charge >= 0.3 is 0 Å². The van der Waals surface area contributed by atoms with Gasteiger partial charge in [-0.05, 0) is 37.5 Å². The van der Waals surface area contributed by atoms with Gasteiger partial charge in [0.05, 0.1) is 26.1 Å². The van der Waals surface area contributed by atoms with Crippen LogP contribution in [0.5, 0.6) is 5.75 Å². The van der Waals surface area contributed by atoms with Gasteiger partial charge in [-0.2, -0.15) is 9.97 Å². The zero-order valence-corrected chi connectivity index (χ0v) is 17.7. The van der Waals surface area contributed by atoms with Crippen LogP contribution in [0.15, 0.2) is 30.6 Å². The first kappa shape index (κ1) is 20.9. The second kappa shape index (κ2) is 9.09.